The van der Waals surface area contributed by atoms with Crippen LogP contribution in [0.5, 0.6) is 0 Å². The van der Waals surface area contributed by atoms with Crippen LogP contribution in [0.25, 0.3) is 0 Å². The molecular weight excluding hydrogens is 270 g/mol. The molecule has 6 heteroatoms. The fourth-order valence-electron chi connectivity index (χ4n) is 2.12. The van der Waals surface area contributed by atoms with E-state index in [0.717, 1.165) is 6.42 Å². The van der Waals surface area contributed by atoms with Crippen molar-refractivity contribution in [1.29, 1.82) is 0 Å². The van der Waals surface area contributed by atoms with Crippen LogP contribution in [0.3, 0.4) is 0 Å². The number of carbonyl (C=O) groups is 2. The molecule has 0 radical (unpaired) electrons. The van der Waals surface area contributed by atoms with E-state index in [4.69, 9.17) is 4.74 Å². The van der Waals surface area contributed by atoms with E-state index in [1.54, 1.807) is 4.90 Å². The van der Waals surface area contributed by atoms with Gasteiger partial charge in [-0.05, 0) is 48.0 Å². The largest absolute Gasteiger partial charge is 0.444 e. The smallest absolute Gasteiger partial charge is 0.410 e. The van der Waals surface area contributed by atoms with E-state index in [1.807, 2.05) is 41.5 Å². The van der Waals surface area contributed by atoms with Crippen molar-refractivity contribution in [3.8, 4) is 0 Å². The SMILES string of the molecule is CC(C)(C)NC(=O)CNC1CCN(C(=O)OC(C)(C)C)C1. The molecule has 0 spiro atoms. The minimum absolute atomic E-state index is 0.0294. The summed E-state index contributed by atoms with van der Waals surface area (Å²) in [5, 5.41) is 6.09. The van der Waals surface area contributed by atoms with Gasteiger partial charge in [-0.2, -0.15) is 0 Å². The van der Waals surface area contributed by atoms with Crippen molar-refractivity contribution in [3.05, 3.63) is 0 Å². The Morgan fingerprint density at radius 2 is 1.81 bits per heavy atom. The van der Waals surface area contributed by atoms with Crippen molar-refractivity contribution < 1.29 is 14.3 Å². The first-order valence-corrected chi connectivity index (χ1v) is 7.48. The minimum Gasteiger partial charge on any atom is -0.444 e. The highest BCUT2D eigenvalue weighted by atomic mass is 16.6. The van der Waals surface area contributed by atoms with E-state index in [0.29, 0.717) is 13.1 Å². The molecule has 122 valence electrons. The van der Waals surface area contributed by atoms with Crippen LogP contribution >= 0.6 is 0 Å². The molecule has 2 amide bonds. The number of likely N-dealkylation sites (tertiary alicyclic amines) is 1. The molecule has 0 aromatic rings. The summed E-state index contributed by atoms with van der Waals surface area (Å²) in [6.07, 6.45) is 0.549. The maximum Gasteiger partial charge on any atom is 0.410 e. The summed E-state index contributed by atoms with van der Waals surface area (Å²) in [6, 6.07) is 0.142. The average molecular weight is 299 g/mol. The first-order chi connectivity index (χ1) is 9.46. The lowest BCUT2D eigenvalue weighted by Crippen LogP contribution is -2.47. The third-order valence-electron chi connectivity index (χ3n) is 2.91. The maximum atomic E-state index is 11.9. The lowest BCUT2D eigenvalue weighted by atomic mass is 10.1. The zero-order chi connectivity index (χ0) is 16.3. The molecule has 0 aromatic heterocycles. The molecule has 1 unspecified atom stereocenters. The van der Waals surface area contributed by atoms with Crippen LogP contribution < -0.4 is 10.6 Å². The third-order valence-corrected chi connectivity index (χ3v) is 2.91. The second kappa shape index (κ2) is 6.64. The van der Waals surface area contributed by atoms with Gasteiger partial charge in [0.2, 0.25) is 5.91 Å². The highest BCUT2D eigenvalue weighted by Crippen LogP contribution is 2.15. The van der Waals surface area contributed by atoms with E-state index < -0.39 is 5.60 Å². The predicted octanol–water partition coefficient (Wildman–Crippen LogP) is 1.50. The van der Waals surface area contributed by atoms with Gasteiger partial charge < -0.3 is 20.3 Å². The van der Waals surface area contributed by atoms with Gasteiger partial charge in [0, 0.05) is 24.7 Å². The van der Waals surface area contributed by atoms with E-state index in [1.165, 1.54) is 0 Å². The molecular formula is C15H29N3O3. The van der Waals surface area contributed by atoms with Gasteiger partial charge in [-0.15, -0.1) is 0 Å². The first-order valence-electron chi connectivity index (χ1n) is 7.48. The number of rotatable bonds is 3. The Morgan fingerprint density at radius 1 is 1.19 bits per heavy atom. The van der Waals surface area contributed by atoms with Crippen LogP contribution in [0.15, 0.2) is 0 Å². The molecule has 1 fully saturated rings. The van der Waals surface area contributed by atoms with Gasteiger partial charge in [0.15, 0.2) is 0 Å². The van der Waals surface area contributed by atoms with Crippen LogP contribution in [-0.2, 0) is 9.53 Å². The quantitative estimate of drug-likeness (QED) is 0.828. The fraction of sp³-hybridized carbons (Fsp3) is 0.867. The number of nitrogens with one attached hydrogen (secondary N) is 2. The Morgan fingerprint density at radius 3 is 2.33 bits per heavy atom. The van der Waals surface area contributed by atoms with E-state index in [2.05, 4.69) is 10.6 Å². The Kier molecular flexibility index (Phi) is 5.61. The normalized spacial score (nSPS) is 19.5. The van der Waals surface area contributed by atoms with Gasteiger partial charge in [-0.1, -0.05) is 0 Å². The van der Waals surface area contributed by atoms with Crippen LogP contribution in [0, 0.1) is 0 Å². The summed E-state index contributed by atoms with van der Waals surface area (Å²) >= 11 is 0. The molecule has 21 heavy (non-hydrogen) atoms. The fourth-order valence-corrected chi connectivity index (χ4v) is 2.12. The van der Waals surface area contributed by atoms with Crippen molar-refractivity contribution >= 4 is 12.0 Å². The van der Waals surface area contributed by atoms with Gasteiger partial charge in [0.25, 0.3) is 0 Å². The number of hydrogen-bond donors (Lipinski definition) is 2. The lowest BCUT2D eigenvalue weighted by molar-refractivity contribution is -0.121. The van der Waals surface area contributed by atoms with E-state index >= 15 is 0 Å². The first kappa shape index (κ1) is 17.8. The topological polar surface area (TPSA) is 70.7 Å². The average Bonchev–Trinajstić information content (AvgIpc) is 2.70. The zero-order valence-corrected chi connectivity index (χ0v) is 14.1. The molecule has 0 aliphatic carbocycles. The zero-order valence-electron chi connectivity index (χ0n) is 14.1. The number of amides is 2. The van der Waals surface area contributed by atoms with Gasteiger partial charge in [-0.25, -0.2) is 4.79 Å². The van der Waals surface area contributed by atoms with Gasteiger partial charge >= 0.3 is 6.09 Å². The number of hydrogen-bond acceptors (Lipinski definition) is 4. The summed E-state index contributed by atoms with van der Waals surface area (Å²) < 4.78 is 5.34. The number of nitrogens with zero attached hydrogens (tertiary/aromatic N) is 1. The Hall–Kier alpha value is -1.30. The van der Waals surface area contributed by atoms with Gasteiger partial charge in [-0.3, -0.25) is 4.79 Å². The van der Waals surface area contributed by atoms with Gasteiger partial charge in [0.1, 0.15) is 5.60 Å². The summed E-state index contributed by atoms with van der Waals surface area (Å²) in [5.41, 5.74) is -0.702. The summed E-state index contributed by atoms with van der Waals surface area (Å²) in [7, 11) is 0. The highest BCUT2D eigenvalue weighted by molar-refractivity contribution is 5.78. The monoisotopic (exact) mass is 299 g/mol. The maximum absolute atomic E-state index is 11.9. The molecule has 0 saturated carbocycles. The molecule has 1 atom stereocenters. The molecule has 1 saturated heterocycles. The molecule has 1 aliphatic rings. The Balaban J connectivity index is 2.32. The molecule has 0 aromatic carbocycles. The van der Waals surface area contributed by atoms with Gasteiger partial charge in [0.05, 0.1) is 6.54 Å². The van der Waals surface area contributed by atoms with Crippen molar-refractivity contribution in [2.75, 3.05) is 19.6 Å². The molecule has 0 bridgehead atoms. The molecule has 2 N–H and O–H groups in total. The Labute approximate surface area is 127 Å². The van der Waals surface area contributed by atoms with Crippen molar-refractivity contribution in [1.82, 2.24) is 15.5 Å². The van der Waals surface area contributed by atoms with Crippen molar-refractivity contribution in [3.63, 3.8) is 0 Å². The summed E-state index contributed by atoms with van der Waals surface area (Å²) in [5.74, 6) is -0.0294. The lowest BCUT2D eigenvalue weighted by Gasteiger charge is -2.24. The van der Waals surface area contributed by atoms with Crippen LogP contribution in [-0.4, -0.2) is 53.7 Å². The molecule has 1 rings (SSSR count). The highest BCUT2D eigenvalue weighted by Gasteiger charge is 2.29. The molecule has 1 aliphatic heterocycles. The third kappa shape index (κ3) is 7.32. The second-order valence-corrected chi connectivity index (χ2v) is 7.59. The van der Waals surface area contributed by atoms with E-state index in [9.17, 15) is 9.59 Å². The van der Waals surface area contributed by atoms with E-state index in [-0.39, 0.29) is 30.1 Å². The number of ether oxygens (including phenoxy) is 1. The minimum atomic E-state index is -0.477. The second-order valence-electron chi connectivity index (χ2n) is 7.59. The summed E-state index contributed by atoms with van der Waals surface area (Å²) in [4.78, 5) is 25.4. The predicted molar refractivity (Wildman–Crippen MR) is 82.1 cm³/mol. The van der Waals surface area contributed by atoms with Crippen LogP contribution in [0.1, 0.15) is 48.0 Å². The number of carbonyl (C=O) groups excluding carboxylic acids is 2. The Bertz CT molecular complexity index is 383. The molecule has 6 nitrogen and oxygen atoms in total. The van der Waals surface area contributed by atoms with Crippen LogP contribution in [0.4, 0.5) is 4.79 Å². The summed E-state index contributed by atoms with van der Waals surface area (Å²) in [6.45, 7) is 12.9. The van der Waals surface area contributed by atoms with Crippen LogP contribution in [0.2, 0.25) is 0 Å². The van der Waals surface area contributed by atoms with Crippen molar-refractivity contribution in [2.24, 2.45) is 0 Å². The molecule has 1 heterocycles. The standard InChI is InChI=1S/C15H29N3O3/c1-14(2,3)17-12(19)9-16-11-7-8-18(10-11)13(20)21-15(4,5)6/h11,16H,7-10H2,1-6H3,(H,17,19). The van der Waals surface area contributed by atoms with Crippen molar-refractivity contribution in [2.45, 2.75) is 65.1 Å².